The van der Waals surface area contributed by atoms with Gasteiger partial charge in [-0.05, 0) is 36.4 Å². The van der Waals surface area contributed by atoms with E-state index in [1.54, 1.807) is 48.5 Å². The highest BCUT2D eigenvalue weighted by Crippen LogP contribution is 2.23. The van der Waals surface area contributed by atoms with E-state index in [1.807, 2.05) is 6.07 Å². The molecule has 23 heavy (non-hydrogen) atoms. The number of ether oxygens (including phenoxy) is 1. The molecule has 116 valence electrons. The first kappa shape index (κ1) is 16.0. The molecule has 6 heteroatoms. The van der Waals surface area contributed by atoms with Gasteiger partial charge >= 0.3 is 0 Å². The lowest BCUT2D eigenvalue weighted by Crippen LogP contribution is -2.21. The van der Waals surface area contributed by atoms with Crippen molar-refractivity contribution in [3.05, 3.63) is 54.1 Å². The number of hydrogen-bond donors (Lipinski definition) is 2. The molecule has 0 aliphatic heterocycles. The summed E-state index contributed by atoms with van der Waals surface area (Å²) in [4.78, 5) is 23.8. The third kappa shape index (κ3) is 4.58. The molecule has 0 atom stereocenters. The number of hydrogen-bond acceptors (Lipinski definition) is 4. The largest absolute Gasteiger partial charge is 0.495 e. The lowest BCUT2D eigenvalue weighted by atomic mass is 10.2. The number of rotatable bonds is 5. The fourth-order valence-corrected chi connectivity index (χ4v) is 1.92. The lowest BCUT2D eigenvalue weighted by Gasteiger charge is -2.10. The molecule has 0 bridgehead atoms. The predicted molar refractivity (Wildman–Crippen MR) is 86.0 cm³/mol. The van der Waals surface area contributed by atoms with E-state index in [4.69, 9.17) is 10.00 Å². The quantitative estimate of drug-likeness (QED) is 0.830. The number of anilines is 2. The Morgan fingerprint density at radius 3 is 2.35 bits per heavy atom. The molecule has 6 nitrogen and oxygen atoms in total. The van der Waals surface area contributed by atoms with Gasteiger partial charge in [-0.2, -0.15) is 5.26 Å². The number of amides is 2. The Hall–Kier alpha value is -3.33. The minimum absolute atomic E-state index is 0.321. The Morgan fingerprint density at radius 2 is 1.70 bits per heavy atom. The minimum atomic E-state index is -0.444. The first-order chi connectivity index (χ1) is 11.1. The second-order valence-corrected chi connectivity index (χ2v) is 4.66. The van der Waals surface area contributed by atoms with Crippen LogP contribution in [-0.2, 0) is 9.59 Å². The predicted octanol–water partition coefficient (Wildman–Crippen LogP) is 2.53. The zero-order valence-electron chi connectivity index (χ0n) is 12.5. The zero-order valence-corrected chi connectivity index (χ0v) is 12.5. The van der Waals surface area contributed by atoms with Crippen molar-refractivity contribution in [2.24, 2.45) is 0 Å². The fraction of sp³-hybridized carbons (Fsp3) is 0.118. The maximum atomic E-state index is 11.9. The summed E-state index contributed by atoms with van der Waals surface area (Å²) >= 11 is 0. The van der Waals surface area contributed by atoms with E-state index >= 15 is 0 Å². The summed E-state index contributed by atoms with van der Waals surface area (Å²) in [6.07, 6.45) is -0.321. The summed E-state index contributed by atoms with van der Waals surface area (Å²) in [5.74, 6) is -0.365. The Kier molecular flexibility index (Phi) is 5.31. The van der Waals surface area contributed by atoms with Gasteiger partial charge in [-0.25, -0.2) is 0 Å². The van der Waals surface area contributed by atoms with Crippen molar-refractivity contribution in [3.8, 4) is 11.8 Å². The highest BCUT2D eigenvalue weighted by molar-refractivity contribution is 6.08. The van der Waals surface area contributed by atoms with Crippen LogP contribution in [0.5, 0.6) is 5.75 Å². The molecule has 0 spiro atoms. The normalized spacial score (nSPS) is 9.57. The van der Waals surface area contributed by atoms with Crippen LogP contribution >= 0.6 is 0 Å². The third-order valence-electron chi connectivity index (χ3n) is 3.00. The van der Waals surface area contributed by atoms with E-state index in [9.17, 15) is 9.59 Å². The summed E-state index contributed by atoms with van der Waals surface area (Å²) in [7, 11) is 1.50. The monoisotopic (exact) mass is 309 g/mol. The molecular weight excluding hydrogens is 294 g/mol. The number of nitriles is 1. The molecule has 0 aliphatic carbocycles. The first-order valence-corrected chi connectivity index (χ1v) is 6.85. The van der Waals surface area contributed by atoms with Gasteiger partial charge in [-0.15, -0.1) is 0 Å². The van der Waals surface area contributed by atoms with E-state index in [-0.39, 0.29) is 6.42 Å². The molecule has 0 unspecified atom stereocenters. The third-order valence-corrected chi connectivity index (χ3v) is 3.00. The van der Waals surface area contributed by atoms with Crippen molar-refractivity contribution in [2.75, 3.05) is 17.7 Å². The van der Waals surface area contributed by atoms with Gasteiger partial charge in [0.1, 0.15) is 12.2 Å². The van der Waals surface area contributed by atoms with Gasteiger partial charge in [-0.3, -0.25) is 9.59 Å². The molecule has 0 heterocycles. The molecule has 2 rings (SSSR count). The van der Waals surface area contributed by atoms with Gasteiger partial charge in [0, 0.05) is 5.69 Å². The highest BCUT2D eigenvalue weighted by atomic mass is 16.5. The van der Waals surface area contributed by atoms with Gasteiger partial charge in [0.25, 0.3) is 0 Å². The SMILES string of the molecule is COc1ccccc1NC(=O)CC(=O)Nc1ccc(C#N)cc1. The van der Waals surface area contributed by atoms with Gasteiger partial charge in [0.2, 0.25) is 11.8 Å². The number of para-hydroxylation sites is 2. The van der Waals surface area contributed by atoms with Gasteiger partial charge in [0.05, 0.1) is 24.4 Å². The van der Waals surface area contributed by atoms with Crippen LogP contribution < -0.4 is 15.4 Å². The summed E-state index contributed by atoms with van der Waals surface area (Å²) in [5, 5.41) is 13.9. The van der Waals surface area contributed by atoms with E-state index in [0.717, 1.165) is 0 Å². The number of carbonyl (C=O) groups is 2. The highest BCUT2D eigenvalue weighted by Gasteiger charge is 2.12. The smallest absolute Gasteiger partial charge is 0.233 e. The van der Waals surface area contributed by atoms with Crippen molar-refractivity contribution in [1.29, 1.82) is 5.26 Å². The molecule has 0 aromatic heterocycles. The van der Waals surface area contributed by atoms with Gasteiger partial charge < -0.3 is 15.4 Å². The standard InChI is InChI=1S/C17H15N3O3/c1-23-15-5-3-2-4-14(15)20-17(22)10-16(21)19-13-8-6-12(11-18)7-9-13/h2-9H,10H2,1H3,(H,19,21)(H,20,22). The van der Waals surface area contributed by atoms with Gasteiger partial charge in [-0.1, -0.05) is 12.1 Å². The van der Waals surface area contributed by atoms with Crippen molar-refractivity contribution >= 4 is 23.2 Å². The van der Waals surface area contributed by atoms with E-state index in [2.05, 4.69) is 10.6 Å². The van der Waals surface area contributed by atoms with Crippen LogP contribution in [0.3, 0.4) is 0 Å². The van der Waals surface area contributed by atoms with Crippen LogP contribution in [0, 0.1) is 11.3 Å². The second-order valence-electron chi connectivity index (χ2n) is 4.66. The molecule has 2 aromatic rings. The minimum Gasteiger partial charge on any atom is -0.495 e. The number of nitrogens with zero attached hydrogens (tertiary/aromatic N) is 1. The maximum absolute atomic E-state index is 11.9. The molecule has 0 saturated heterocycles. The summed E-state index contributed by atoms with van der Waals surface area (Å²) in [6, 6.07) is 15.3. The molecule has 0 fully saturated rings. The number of nitrogens with one attached hydrogen (secondary N) is 2. The van der Waals surface area contributed by atoms with Crippen molar-refractivity contribution in [2.45, 2.75) is 6.42 Å². The number of benzene rings is 2. The summed E-state index contributed by atoms with van der Waals surface area (Å²) < 4.78 is 5.13. The van der Waals surface area contributed by atoms with Crippen LogP contribution in [0.2, 0.25) is 0 Å². The average Bonchev–Trinajstić information content (AvgIpc) is 2.55. The van der Waals surface area contributed by atoms with Crippen LogP contribution in [0.4, 0.5) is 11.4 Å². The number of methoxy groups -OCH3 is 1. The van der Waals surface area contributed by atoms with Crippen molar-refractivity contribution in [1.82, 2.24) is 0 Å². The van der Waals surface area contributed by atoms with Crippen LogP contribution in [-0.4, -0.2) is 18.9 Å². The van der Waals surface area contributed by atoms with Crippen LogP contribution in [0.25, 0.3) is 0 Å². The van der Waals surface area contributed by atoms with Crippen LogP contribution in [0.1, 0.15) is 12.0 Å². The summed E-state index contributed by atoms with van der Waals surface area (Å²) in [6.45, 7) is 0. The van der Waals surface area contributed by atoms with E-state index < -0.39 is 11.8 Å². The zero-order chi connectivity index (χ0) is 16.7. The molecule has 0 aliphatic rings. The Bertz CT molecular complexity index is 748. The van der Waals surface area contributed by atoms with Crippen molar-refractivity contribution < 1.29 is 14.3 Å². The molecule has 2 N–H and O–H groups in total. The van der Waals surface area contributed by atoms with E-state index in [0.29, 0.717) is 22.7 Å². The Morgan fingerprint density at radius 1 is 1.04 bits per heavy atom. The summed E-state index contributed by atoms with van der Waals surface area (Å²) in [5.41, 5.74) is 1.53. The lowest BCUT2D eigenvalue weighted by molar-refractivity contribution is -0.123. The topological polar surface area (TPSA) is 91.2 Å². The number of carbonyl (C=O) groups excluding carboxylic acids is 2. The Labute approximate surface area is 133 Å². The van der Waals surface area contributed by atoms with E-state index in [1.165, 1.54) is 7.11 Å². The molecular formula is C17H15N3O3. The average molecular weight is 309 g/mol. The fourth-order valence-electron chi connectivity index (χ4n) is 1.92. The van der Waals surface area contributed by atoms with Gasteiger partial charge in [0.15, 0.2) is 0 Å². The molecule has 2 aromatic carbocycles. The molecule has 0 radical (unpaired) electrons. The second kappa shape index (κ2) is 7.61. The molecule has 2 amide bonds. The Balaban J connectivity index is 1.91. The van der Waals surface area contributed by atoms with Crippen molar-refractivity contribution in [3.63, 3.8) is 0 Å². The molecule has 0 saturated carbocycles. The first-order valence-electron chi connectivity index (χ1n) is 6.85. The maximum Gasteiger partial charge on any atom is 0.233 e. The van der Waals surface area contributed by atoms with Crippen LogP contribution in [0.15, 0.2) is 48.5 Å².